The number of anilines is 2. The number of ether oxygens (including phenoxy) is 1. The van der Waals surface area contributed by atoms with Crippen LogP contribution in [0.2, 0.25) is 0 Å². The maximum Gasteiger partial charge on any atom is 0.414 e. The SMILES string of the molecule is CCC(=S)NCC1CN(c2ccc(N3CCN(C(C)=S)CC3)c(F)c2)C(=O)O1. The van der Waals surface area contributed by atoms with Crippen LogP contribution >= 0.6 is 24.4 Å². The summed E-state index contributed by atoms with van der Waals surface area (Å²) in [5, 5.41) is 3.08. The molecule has 2 aliphatic heterocycles. The van der Waals surface area contributed by atoms with E-state index in [1.54, 1.807) is 12.1 Å². The van der Waals surface area contributed by atoms with Crippen LogP contribution in [0.3, 0.4) is 0 Å². The summed E-state index contributed by atoms with van der Waals surface area (Å²) in [5.74, 6) is -0.341. The summed E-state index contributed by atoms with van der Waals surface area (Å²) in [6, 6.07) is 4.90. The molecule has 0 aromatic heterocycles. The molecule has 6 nitrogen and oxygen atoms in total. The number of benzene rings is 1. The number of hydrogen-bond donors (Lipinski definition) is 1. The normalized spacial score (nSPS) is 19.6. The van der Waals surface area contributed by atoms with Crippen molar-refractivity contribution in [3.05, 3.63) is 24.0 Å². The number of amides is 1. The van der Waals surface area contributed by atoms with E-state index in [9.17, 15) is 9.18 Å². The summed E-state index contributed by atoms with van der Waals surface area (Å²) in [6.45, 7) is 7.67. The molecule has 0 aliphatic carbocycles. The lowest BCUT2D eigenvalue weighted by atomic mass is 10.2. The number of nitrogens with zero attached hydrogens (tertiary/aromatic N) is 3. The molecule has 1 aromatic rings. The van der Waals surface area contributed by atoms with E-state index in [1.807, 2.05) is 18.7 Å². The lowest BCUT2D eigenvalue weighted by Gasteiger charge is -2.37. The Bertz CT molecular complexity index is 768. The summed E-state index contributed by atoms with van der Waals surface area (Å²) >= 11 is 10.3. The Morgan fingerprint density at radius 3 is 2.61 bits per heavy atom. The van der Waals surface area contributed by atoms with E-state index in [-0.39, 0.29) is 11.9 Å². The van der Waals surface area contributed by atoms with Crippen molar-refractivity contribution >= 4 is 51.9 Å². The maximum atomic E-state index is 14.8. The highest BCUT2D eigenvalue weighted by Crippen LogP contribution is 2.28. The number of carbonyl (C=O) groups is 1. The van der Waals surface area contributed by atoms with Crippen LogP contribution in [0, 0.1) is 5.82 Å². The van der Waals surface area contributed by atoms with Crippen molar-refractivity contribution in [1.82, 2.24) is 10.2 Å². The van der Waals surface area contributed by atoms with Crippen molar-refractivity contribution in [2.24, 2.45) is 0 Å². The Morgan fingerprint density at radius 1 is 1.29 bits per heavy atom. The van der Waals surface area contributed by atoms with E-state index >= 15 is 0 Å². The molecule has 0 saturated carbocycles. The molecular weight excluding hydrogens is 399 g/mol. The lowest BCUT2D eigenvalue weighted by molar-refractivity contribution is 0.143. The third-order valence-electron chi connectivity index (χ3n) is 5.03. The summed E-state index contributed by atoms with van der Waals surface area (Å²) in [5.41, 5.74) is 1.05. The van der Waals surface area contributed by atoms with Crippen molar-refractivity contribution < 1.29 is 13.9 Å². The van der Waals surface area contributed by atoms with Crippen LogP contribution < -0.4 is 15.1 Å². The first-order chi connectivity index (χ1) is 13.4. The van der Waals surface area contributed by atoms with Crippen LogP contribution in [-0.4, -0.2) is 66.3 Å². The zero-order valence-corrected chi connectivity index (χ0v) is 17.7. The van der Waals surface area contributed by atoms with Gasteiger partial charge in [0.25, 0.3) is 0 Å². The van der Waals surface area contributed by atoms with Gasteiger partial charge in [-0.15, -0.1) is 0 Å². The molecule has 28 heavy (non-hydrogen) atoms. The molecule has 2 heterocycles. The topological polar surface area (TPSA) is 48.0 Å². The van der Waals surface area contributed by atoms with Gasteiger partial charge in [0.1, 0.15) is 11.9 Å². The molecule has 2 saturated heterocycles. The number of hydrogen-bond acceptors (Lipinski definition) is 5. The molecule has 2 fully saturated rings. The molecule has 9 heteroatoms. The summed E-state index contributed by atoms with van der Waals surface area (Å²) in [4.78, 5) is 19.4. The van der Waals surface area contributed by atoms with Gasteiger partial charge >= 0.3 is 6.09 Å². The van der Waals surface area contributed by atoms with Gasteiger partial charge in [-0.25, -0.2) is 9.18 Å². The van der Waals surface area contributed by atoms with Crippen molar-refractivity contribution in [3.63, 3.8) is 0 Å². The van der Waals surface area contributed by atoms with Crippen LogP contribution in [0.4, 0.5) is 20.6 Å². The van der Waals surface area contributed by atoms with Crippen LogP contribution in [0.1, 0.15) is 20.3 Å². The van der Waals surface area contributed by atoms with Crippen molar-refractivity contribution in [2.45, 2.75) is 26.4 Å². The average Bonchev–Trinajstić information content (AvgIpc) is 3.06. The zero-order chi connectivity index (χ0) is 20.3. The van der Waals surface area contributed by atoms with Gasteiger partial charge < -0.3 is 19.9 Å². The highest BCUT2D eigenvalue weighted by Gasteiger charge is 2.33. The highest BCUT2D eigenvalue weighted by molar-refractivity contribution is 7.80. The van der Waals surface area contributed by atoms with Crippen LogP contribution in [0.15, 0.2) is 18.2 Å². The average molecular weight is 425 g/mol. The molecule has 1 unspecified atom stereocenters. The monoisotopic (exact) mass is 424 g/mol. The quantitative estimate of drug-likeness (QED) is 0.730. The maximum absolute atomic E-state index is 14.8. The first-order valence-electron chi connectivity index (χ1n) is 9.44. The largest absolute Gasteiger partial charge is 0.442 e. The van der Waals surface area contributed by atoms with Crippen molar-refractivity contribution in [3.8, 4) is 0 Å². The van der Waals surface area contributed by atoms with Gasteiger partial charge in [0.2, 0.25) is 0 Å². The molecule has 2 aliphatic rings. The minimum Gasteiger partial charge on any atom is -0.442 e. The molecule has 0 spiro atoms. The summed E-state index contributed by atoms with van der Waals surface area (Å²) < 4.78 is 20.1. The second-order valence-electron chi connectivity index (χ2n) is 6.90. The van der Waals surface area contributed by atoms with E-state index in [1.165, 1.54) is 11.0 Å². The molecule has 1 amide bonds. The van der Waals surface area contributed by atoms with Gasteiger partial charge in [0.05, 0.1) is 34.4 Å². The van der Waals surface area contributed by atoms with Gasteiger partial charge in [-0.3, -0.25) is 4.90 Å². The van der Waals surface area contributed by atoms with Gasteiger partial charge in [-0.05, 0) is 31.5 Å². The fraction of sp³-hybridized carbons (Fsp3) is 0.526. The molecule has 3 rings (SSSR count). The summed E-state index contributed by atoms with van der Waals surface area (Å²) in [6.07, 6.45) is -0.0397. The van der Waals surface area contributed by atoms with E-state index in [4.69, 9.17) is 29.2 Å². The van der Waals surface area contributed by atoms with Crippen LogP contribution in [0.25, 0.3) is 0 Å². The molecule has 1 atom stereocenters. The molecule has 1 N–H and O–H groups in total. The molecule has 0 bridgehead atoms. The molecular formula is C19H25FN4O2S2. The van der Waals surface area contributed by atoms with Crippen molar-refractivity contribution in [1.29, 1.82) is 0 Å². The van der Waals surface area contributed by atoms with Gasteiger partial charge in [0.15, 0.2) is 0 Å². The second-order valence-corrected chi connectivity index (χ2v) is 7.99. The molecule has 1 aromatic carbocycles. The smallest absolute Gasteiger partial charge is 0.414 e. The van der Waals surface area contributed by atoms with E-state index in [0.717, 1.165) is 29.5 Å². The van der Waals surface area contributed by atoms with Crippen LogP contribution in [-0.2, 0) is 4.74 Å². The number of nitrogens with one attached hydrogen (secondary N) is 1. The predicted octanol–water partition coefficient (Wildman–Crippen LogP) is 2.95. The second kappa shape index (κ2) is 9.00. The first kappa shape index (κ1) is 20.7. The number of piperazine rings is 1. The number of halogens is 1. The number of thiocarbonyl (C=S) groups is 2. The van der Waals surface area contributed by atoms with E-state index in [0.29, 0.717) is 37.6 Å². The lowest BCUT2D eigenvalue weighted by Crippen LogP contribution is -2.47. The van der Waals surface area contributed by atoms with Gasteiger partial charge in [-0.1, -0.05) is 31.4 Å². The predicted molar refractivity (Wildman–Crippen MR) is 117 cm³/mol. The molecule has 152 valence electrons. The third kappa shape index (κ3) is 4.70. The summed E-state index contributed by atoms with van der Waals surface area (Å²) in [7, 11) is 0. The van der Waals surface area contributed by atoms with Crippen molar-refractivity contribution in [2.75, 3.05) is 49.1 Å². The minimum absolute atomic E-state index is 0.314. The highest BCUT2D eigenvalue weighted by atomic mass is 32.1. The minimum atomic E-state index is -0.466. The number of cyclic esters (lactones) is 1. The number of rotatable bonds is 5. The molecule has 0 radical (unpaired) electrons. The fourth-order valence-electron chi connectivity index (χ4n) is 3.37. The van der Waals surface area contributed by atoms with E-state index < -0.39 is 6.09 Å². The number of carbonyl (C=O) groups excluding carboxylic acids is 1. The van der Waals surface area contributed by atoms with Crippen LogP contribution in [0.5, 0.6) is 0 Å². The Labute approximate surface area is 175 Å². The van der Waals surface area contributed by atoms with Gasteiger partial charge in [0, 0.05) is 26.2 Å². The fourth-order valence-corrected chi connectivity index (χ4v) is 3.64. The Balaban J connectivity index is 1.63. The first-order valence-corrected chi connectivity index (χ1v) is 10.3. The zero-order valence-electron chi connectivity index (χ0n) is 16.1. The van der Waals surface area contributed by atoms with Gasteiger partial charge in [-0.2, -0.15) is 0 Å². The Morgan fingerprint density at radius 2 is 2.00 bits per heavy atom. The van der Waals surface area contributed by atoms with E-state index in [2.05, 4.69) is 10.2 Å². The standard InChI is InChI=1S/C19H25FN4O2S2/c1-3-18(28)21-11-15-12-24(19(25)26-15)14-4-5-17(16(20)10-14)23-8-6-22(7-9-23)13(2)27/h4-5,10,15H,3,6-9,11-12H2,1-2H3,(H,21,28). The Hall–Kier alpha value is -2.00. The Kier molecular flexibility index (Phi) is 6.66. The third-order valence-corrected chi connectivity index (χ3v) is 5.72.